The zero-order valence-electron chi connectivity index (χ0n) is 18.5. The highest BCUT2D eigenvalue weighted by molar-refractivity contribution is 6.27. The second-order valence-electron chi connectivity index (χ2n) is 8.53. The van der Waals surface area contributed by atoms with Gasteiger partial charge in [0.25, 0.3) is 0 Å². The van der Waals surface area contributed by atoms with Crippen molar-refractivity contribution in [3.63, 3.8) is 0 Å². The molecule has 31 heavy (non-hydrogen) atoms. The van der Waals surface area contributed by atoms with Gasteiger partial charge in [0.1, 0.15) is 0 Å². The van der Waals surface area contributed by atoms with Crippen LogP contribution in [0.1, 0.15) is 69.4 Å². The average molecular weight is 433 g/mol. The fraction of sp³-hybridized carbons (Fsp3) is 0.625. The van der Waals surface area contributed by atoms with Crippen LogP contribution >= 0.6 is 0 Å². The monoisotopic (exact) mass is 432 g/mol. The fourth-order valence-corrected chi connectivity index (χ4v) is 4.23. The number of hydrogen-bond acceptors (Lipinski definition) is 4. The number of benzene rings is 1. The van der Waals surface area contributed by atoms with Crippen LogP contribution in [0.5, 0.6) is 0 Å². The van der Waals surface area contributed by atoms with Crippen LogP contribution in [-0.2, 0) is 27.3 Å². The number of hydrogen-bond donors (Lipinski definition) is 3. The molecule has 0 radical (unpaired) electrons. The Bertz CT molecular complexity index is 691. The second kappa shape index (κ2) is 13.1. The molecule has 0 spiro atoms. The molecule has 7 heteroatoms. The topological polar surface area (TPSA) is 107 Å². The van der Waals surface area contributed by atoms with E-state index in [4.69, 9.17) is 19.8 Å². The molecule has 0 atom stereocenters. The standard InChI is InChI=1S/C22H34N2O.C2H2O4/c1-2-18-9-11-19(12-10-18)17-24-15-13-20(14-16-24)22(25)23-21-7-5-3-4-6-8-21;3-1(4)2(5)6/h9-12,20-21H,2-8,13-17H2,1H3,(H,23,25);(H,3,4)(H,5,6). The third-order valence-electron chi connectivity index (χ3n) is 6.18. The van der Waals surface area contributed by atoms with Crippen LogP contribution in [-0.4, -0.2) is 52.1 Å². The molecule has 1 heterocycles. The summed E-state index contributed by atoms with van der Waals surface area (Å²) in [4.78, 5) is 33.3. The second-order valence-corrected chi connectivity index (χ2v) is 8.53. The normalized spacial score (nSPS) is 18.4. The number of carboxylic acids is 2. The molecule has 0 bridgehead atoms. The van der Waals surface area contributed by atoms with Gasteiger partial charge < -0.3 is 15.5 Å². The Hall–Kier alpha value is -2.41. The number of aryl methyl sites for hydroxylation is 1. The maximum atomic E-state index is 12.6. The number of likely N-dealkylation sites (tertiary alicyclic amines) is 1. The summed E-state index contributed by atoms with van der Waals surface area (Å²) in [5, 5.41) is 18.1. The summed E-state index contributed by atoms with van der Waals surface area (Å²) in [6.45, 7) is 5.29. The Morgan fingerprint density at radius 2 is 1.39 bits per heavy atom. The van der Waals surface area contributed by atoms with Crippen LogP contribution in [0, 0.1) is 5.92 Å². The molecule has 3 N–H and O–H groups in total. The maximum absolute atomic E-state index is 12.6. The van der Waals surface area contributed by atoms with E-state index in [2.05, 4.69) is 41.4 Å². The first-order chi connectivity index (χ1) is 14.9. The summed E-state index contributed by atoms with van der Waals surface area (Å²) in [5.74, 6) is -3.11. The van der Waals surface area contributed by atoms with E-state index in [0.717, 1.165) is 38.9 Å². The van der Waals surface area contributed by atoms with E-state index in [-0.39, 0.29) is 5.92 Å². The van der Waals surface area contributed by atoms with E-state index in [0.29, 0.717) is 11.9 Å². The number of nitrogens with one attached hydrogen (secondary N) is 1. The summed E-state index contributed by atoms with van der Waals surface area (Å²) in [6.07, 6.45) is 10.7. The van der Waals surface area contributed by atoms with Crippen LogP contribution in [0.15, 0.2) is 24.3 Å². The third kappa shape index (κ3) is 9.09. The highest BCUT2D eigenvalue weighted by Crippen LogP contribution is 2.22. The van der Waals surface area contributed by atoms with E-state index in [9.17, 15) is 4.79 Å². The molecule has 2 fully saturated rings. The van der Waals surface area contributed by atoms with Gasteiger partial charge in [-0.05, 0) is 56.3 Å². The van der Waals surface area contributed by atoms with Crippen LogP contribution in [0.3, 0.4) is 0 Å². The Balaban J connectivity index is 0.000000501. The summed E-state index contributed by atoms with van der Waals surface area (Å²) in [7, 11) is 0. The van der Waals surface area contributed by atoms with Gasteiger partial charge in [-0.3, -0.25) is 9.69 Å². The van der Waals surface area contributed by atoms with Crippen molar-refractivity contribution >= 4 is 17.8 Å². The lowest BCUT2D eigenvalue weighted by Crippen LogP contribution is -2.43. The maximum Gasteiger partial charge on any atom is 0.414 e. The lowest BCUT2D eigenvalue weighted by Gasteiger charge is -2.32. The summed E-state index contributed by atoms with van der Waals surface area (Å²) in [5.41, 5.74) is 2.79. The average Bonchev–Trinajstić information content (AvgIpc) is 3.04. The van der Waals surface area contributed by atoms with Crippen molar-refractivity contribution in [1.29, 1.82) is 0 Å². The van der Waals surface area contributed by atoms with Gasteiger partial charge in [-0.25, -0.2) is 9.59 Å². The van der Waals surface area contributed by atoms with Crippen molar-refractivity contribution in [3.05, 3.63) is 35.4 Å². The van der Waals surface area contributed by atoms with E-state index < -0.39 is 11.9 Å². The number of nitrogens with zero attached hydrogens (tertiary/aromatic N) is 1. The molecular weight excluding hydrogens is 396 g/mol. The Morgan fingerprint density at radius 1 is 0.871 bits per heavy atom. The third-order valence-corrected chi connectivity index (χ3v) is 6.18. The molecule has 1 aliphatic heterocycles. The van der Waals surface area contributed by atoms with Crippen LogP contribution in [0.4, 0.5) is 0 Å². The molecule has 1 aromatic rings. The van der Waals surface area contributed by atoms with Crippen LogP contribution in [0.25, 0.3) is 0 Å². The van der Waals surface area contributed by atoms with Crippen molar-refractivity contribution in [2.24, 2.45) is 5.92 Å². The number of piperidine rings is 1. The first-order valence-electron chi connectivity index (χ1n) is 11.5. The minimum atomic E-state index is -1.82. The summed E-state index contributed by atoms with van der Waals surface area (Å²) >= 11 is 0. The molecule has 1 aliphatic carbocycles. The first kappa shape index (κ1) is 24.9. The van der Waals surface area contributed by atoms with E-state index in [1.807, 2.05) is 0 Å². The van der Waals surface area contributed by atoms with Gasteiger partial charge in [0.15, 0.2) is 0 Å². The molecule has 1 amide bonds. The number of carbonyl (C=O) groups excluding carboxylic acids is 1. The molecule has 1 saturated heterocycles. The zero-order chi connectivity index (χ0) is 22.6. The van der Waals surface area contributed by atoms with Gasteiger partial charge in [0, 0.05) is 18.5 Å². The number of aliphatic carboxylic acids is 2. The predicted octanol–water partition coefficient (Wildman–Crippen LogP) is 3.46. The molecule has 1 aromatic carbocycles. The van der Waals surface area contributed by atoms with Crippen molar-refractivity contribution in [2.75, 3.05) is 13.1 Å². The minimum absolute atomic E-state index is 0.224. The molecular formula is C24H36N2O5. The number of carbonyl (C=O) groups is 3. The smallest absolute Gasteiger partial charge is 0.414 e. The van der Waals surface area contributed by atoms with Crippen LogP contribution < -0.4 is 5.32 Å². The number of rotatable bonds is 5. The molecule has 7 nitrogen and oxygen atoms in total. The van der Waals surface area contributed by atoms with Crippen molar-refractivity contribution < 1.29 is 24.6 Å². The minimum Gasteiger partial charge on any atom is -0.473 e. The largest absolute Gasteiger partial charge is 0.473 e. The van der Waals surface area contributed by atoms with Crippen molar-refractivity contribution in [1.82, 2.24) is 10.2 Å². The van der Waals surface area contributed by atoms with Crippen molar-refractivity contribution in [2.45, 2.75) is 77.3 Å². The number of amides is 1. The van der Waals surface area contributed by atoms with Gasteiger partial charge in [0.05, 0.1) is 0 Å². The van der Waals surface area contributed by atoms with Gasteiger partial charge >= 0.3 is 11.9 Å². The Kier molecular flexibility index (Phi) is 10.5. The number of carboxylic acid groups (broad SMARTS) is 2. The molecule has 172 valence electrons. The Labute approximate surface area is 184 Å². The summed E-state index contributed by atoms with van der Waals surface area (Å²) < 4.78 is 0. The van der Waals surface area contributed by atoms with Gasteiger partial charge in [0.2, 0.25) is 5.91 Å². The Morgan fingerprint density at radius 3 is 1.87 bits per heavy atom. The van der Waals surface area contributed by atoms with Gasteiger partial charge in [-0.15, -0.1) is 0 Å². The lowest BCUT2D eigenvalue weighted by atomic mass is 9.94. The predicted molar refractivity (Wildman–Crippen MR) is 119 cm³/mol. The highest BCUT2D eigenvalue weighted by atomic mass is 16.4. The SMILES string of the molecule is CCc1ccc(CN2CCC(C(=O)NC3CCCCCC3)CC2)cc1.O=C(O)C(=O)O. The lowest BCUT2D eigenvalue weighted by molar-refractivity contribution is -0.159. The first-order valence-corrected chi connectivity index (χ1v) is 11.5. The molecule has 0 aromatic heterocycles. The molecule has 2 aliphatic rings. The quantitative estimate of drug-likeness (QED) is 0.486. The van der Waals surface area contributed by atoms with Gasteiger partial charge in [-0.2, -0.15) is 0 Å². The zero-order valence-corrected chi connectivity index (χ0v) is 18.5. The van der Waals surface area contributed by atoms with E-state index in [1.165, 1.54) is 49.7 Å². The highest BCUT2D eigenvalue weighted by Gasteiger charge is 2.26. The van der Waals surface area contributed by atoms with Gasteiger partial charge in [-0.1, -0.05) is 56.9 Å². The summed E-state index contributed by atoms with van der Waals surface area (Å²) in [6, 6.07) is 9.42. The van der Waals surface area contributed by atoms with E-state index in [1.54, 1.807) is 0 Å². The molecule has 1 saturated carbocycles. The van der Waals surface area contributed by atoms with Crippen LogP contribution in [0.2, 0.25) is 0 Å². The van der Waals surface area contributed by atoms with E-state index >= 15 is 0 Å². The molecule has 3 rings (SSSR count). The fourth-order valence-electron chi connectivity index (χ4n) is 4.23. The molecule has 0 unspecified atom stereocenters. The van der Waals surface area contributed by atoms with Crippen molar-refractivity contribution in [3.8, 4) is 0 Å².